The normalized spacial score (nSPS) is 10.9. The second kappa shape index (κ2) is 4.46. The molecule has 0 atom stereocenters. The number of isocyanates is 2. The average molecular weight is 248 g/mol. The Bertz CT molecular complexity index is 768. The Morgan fingerprint density at radius 3 is 2.21 bits per heavy atom. The van der Waals surface area contributed by atoms with Gasteiger partial charge in [0.1, 0.15) is 0 Å². The third-order valence-corrected chi connectivity index (χ3v) is 3.20. The van der Waals surface area contributed by atoms with Crippen molar-refractivity contribution >= 4 is 23.5 Å². The zero-order valence-corrected chi connectivity index (χ0v) is 9.88. The van der Waals surface area contributed by atoms with Gasteiger partial charge >= 0.3 is 0 Å². The van der Waals surface area contributed by atoms with Gasteiger partial charge in [0, 0.05) is 0 Å². The highest BCUT2D eigenvalue weighted by Crippen LogP contribution is 2.39. The minimum atomic E-state index is 0.594. The van der Waals surface area contributed by atoms with Crippen molar-refractivity contribution in [2.75, 3.05) is 0 Å². The lowest BCUT2D eigenvalue weighted by atomic mass is 10.0. The Kier molecular flexibility index (Phi) is 2.66. The predicted molar refractivity (Wildman–Crippen MR) is 70.2 cm³/mol. The van der Waals surface area contributed by atoms with E-state index in [-0.39, 0.29) is 0 Å². The van der Waals surface area contributed by atoms with Crippen molar-refractivity contribution in [3.63, 3.8) is 0 Å². The van der Waals surface area contributed by atoms with Crippen LogP contribution in [0.15, 0.2) is 46.4 Å². The Morgan fingerprint density at radius 2 is 1.47 bits per heavy atom. The standard InChI is InChI=1S/C15H8N2O2/c18-8-16-12-3-4-14-11(6-12)5-10-1-2-13(17-9-19)7-15(10)14/h1-4,6-7H,5H2. The summed E-state index contributed by atoms with van der Waals surface area (Å²) in [5.74, 6) is 0. The van der Waals surface area contributed by atoms with Crippen molar-refractivity contribution in [1.29, 1.82) is 0 Å². The maximum Gasteiger partial charge on any atom is 0.240 e. The van der Waals surface area contributed by atoms with Crippen molar-refractivity contribution in [1.82, 2.24) is 0 Å². The fourth-order valence-corrected chi connectivity index (χ4v) is 2.41. The molecule has 19 heavy (non-hydrogen) atoms. The van der Waals surface area contributed by atoms with Crippen LogP contribution >= 0.6 is 0 Å². The van der Waals surface area contributed by atoms with E-state index in [1.807, 2.05) is 24.3 Å². The van der Waals surface area contributed by atoms with Crippen LogP contribution in [-0.2, 0) is 16.0 Å². The van der Waals surface area contributed by atoms with Gasteiger partial charge in [-0.05, 0) is 52.9 Å². The summed E-state index contributed by atoms with van der Waals surface area (Å²) in [6, 6.07) is 11.2. The Balaban J connectivity index is 2.13. The number of carbonyl (C=O) groups excluding carboxylic acids is 2. The lowest BCUT2D eigenvalue weighted by Gasteiger charge is -2.01. The van der Waals surface area contributed by atoms with Crippen LogP contribution in [0.2, 0.25) is 0 Å². The van der Waals surface area contributed by atoms with E-state index in [1.165, 1.54) is 11.6 Å². The highest BCUT2D eigenvalue weighted by molar-refractivity contribution is 5.80. The molecule has 90 valence electrons. The monoisotopic (exact) mass is 248 g/mol. The topological polar surface area (TPSA) is 58.9 Å². The van der Waals surface area contributed by atoms with E-state index < -0.39 is 0 Å². The highest BCUT2D eigenvalue weighted by atomic mass is 16.1. The molecule has 0 aliphatic heterocycles. The number of hydrogen-bond acceptors (Lipinski definition) is 4. The number of nitrogens with zero attached hydrogens (tertiary/aromatic N) is 2. The number of fused-ring (bicyclic) bond motifs is 3. The second-order valence-corrected chi connectivity index (χ2v) is 4.27. The summed E-state index contributed by atoms with van der Waals surface area (Å²) >= 11 is 0. The van der Waals surface area contributed by atoms with Gasteiger partial charge in [-0.15, -0.1) is 0 Å². The van der Waals surface area contributed by atoms with Gasteiger partial charge < -0.3 is 0 Å². The fourth-order valence-electron chi connectivity index (χ4n) is 2.41. The number of rotatable bonds is 2. The van der Waals surface area contributed by atoms with Crippen molar-refractivity contribution < 1.29 is 9.59 Å². The molecule has 2 aromatic carbocycles. The zero-order chi connectivity index (χ0) is 13.2. The molecule has 0 aromatic heterocycles. The van der Waals surface area contributed by atoms with Gasteiger partial charge in [-0.2, -0.15) is 9.98 Å². The molecule has 2 aromatic rings. The lowest BCUT2D eigenvalue weighted by molar-refractivity contribution is 0.564. The number of aliphatic imine (C=N–C) groups is 2. The van der Waals surface area contributed by atoms with Crippen LogP contribution in [0.1, 0.15) is 11.1 Å². The van der Waals surface area contributed by atoms with Crippen LogP contribution < -0.4 is 0 Å². The van der Waals surface area contributed by atoms with E-state index in [2.05, 4.69) is 9.98 Å². The number of hydrogen-bond donors (Lipinski definition) is 0. The van der Waals surface area contributed by atoms with Crippen LogP contribution in [0.5, 0.6) is 0 Å². The molecule has 0 saturated heterocycles. The molecule has 0 radical (unpaired) electrons. The van der Waals surface area contributed by atoms with Crippen LogP contribution in [0.3, 0.4) is 0 Å². The first-order valence-corrected chi connectivity index (χ1v) is 5.74. The zero-order valence-electron chi connectivity index (χ0n) is 9.88. The first-order chi connectivity index (χ1) is 9.31. The van der Waals surface area contributed by atoms with Crippen molar-refractivity contribution in [3.8, 4) is 11.1 Å². The molecule has 4 nitrogen and oxygen atoms in total. The molecule has 0 bridgehead atoms. The molecule has 3 rings (SSSR count). The molecular weight excluding hydrogens is 240 g/mol. The first kappa shape index (κ1) is 11.3. The van der Waals surface area contributed by atoms with Crippen LogP contribution in [0, 0.1) is 0 Å². The maximum absolute atomic E-state index is 10.3. The fraction of sp³-hybridized carbons (Fsp3) is 0.0667. The predicted octanol–water partition coefficient (Wildman–Crippen LogP) is 3.19. The molecule has 0 N–H and O–H groups in total. The summed E-state index contributed by atoms with van der Waals surface area (Å²) in [4.78, 5) is 27.8. The molecule has 0 saturated carbocycles. The quantitative estimate of drug-likeness (QED) is 0.516. The van der Waals surface area contributed by atoms with Crippen LogP contribution in [-0.4, -0.2) is 12.2 Å². The van der Waals surface area contributed by atoms with Gasteiger partial charge in [0.15, 0.2) is 0 Å². The molecule has 1 aliphatic rings. The summed E-state index contributed by atoms with van der Waals surface area (Å²) in [6.07, 6.45) is 3.87. The van der Waals surface area contributed by atoms with E-state index in [0.29, 0.717) is 11.4 Å². The molecular formula is C15H8N2O2. The van der Waals surface area contributed by atoms with Gasteiger partial charge in [0.2, 0.25) is 12.2 Å². The summed E-state index contributed by atoms with van der Waals surface area (Å²) in [5.41, 5.74) is 5.63. The molecule has 0 unspecified atom stereocenters. The van der Waals surface area contributed by atoms with E-state index in [9.17, 15) is 9.59 Å². The molecule has 0 amide bonds. The van der Waals surface area contributed by atoms with Crippen molar-refractivity contribution in [3.05, 3.63) is 47.5 Å². The Morgan fingerprint density at radius 1 is 0.789 bits per heavy atom. The SMILES string of the molecule is O=C=Nc1ccc2c(c1)Cc1ccc(N=C=O)cc1-2. The third kappa shape index (κ3) is 1.91. The Labute approximate surface area is 109 Å². The summed E-state index contributed by atoms with van der Waals surface area (Å²) in [6.45, 7) is 0. The number of benzene rings is 2. The minimum Gasteiger partial charge on any atom is -0.211 e. The summed E-state index contributed by atoms with van der Waals surface area (Å²) in [5, 5.41) is 0. The van der Waals surface area contributed by atoms with E-state index in [1.54, 1.807) is 18.2 Å². The van der Waals surface area contributed by atoms with Crippen LogP contribution in [0.4, 0.5) is 11.4 Å². The molecule has 0 spiro atoms. The maximum atomic E-state index is 10.3. The van der Waals surface area contributed by atoms with E-state index in [4.69, 9.17) is 0 Å². The van der Waals surface area contributed by atoms with Crippen LogP contribution in [0.25, 0.3) is 11.1 Å². The van der Waals surface area contributed by atoms with Gasteiger partial charge in [-0.3, -0.25) is 0 Å². The van der Waals surface area contributed by atoms with E-state index >= 15 is 0 Å². The molecule has 0 fully saturated rings. The van der Waals surface area contributed by atoms with Gasteiger partial charge in [0.05, 0.1) is 11.4 Å². The summed E-state index contributed by atoms with van der Waals surface area (Å²) in [7, 11) is 0. The second-order valence-electron chi connectivity index (χ2n) is 4.27. The first-order valence-electron chi connectivity index (χ1n) is 5.74. The van der Waals surface area contributed by atoms with Gasteiger partial charge in [0.25, 0.3) is 0 Å². The van der Waals surface area contributed by atoms with E-state index in [0.717, 1.165) is 23.1 Å². The third-order valence-electron chi connectivity index (χ3n) is 3.20. The van der Waals surface area contributed by atoms with Crippen molar-refractivity contribution in [2.45, 2.75) is 6.42 Å². The smallest absolute Gasteiger partial charge is 0.211 e. The largest absolute Gasteiger partial charge is 0.240 e. The highest BCUT2D eigenvalue weighted by Gasteiger charge is 2.18. The van der Waals surface area contributed by atoms with Gasteiger partial charge in [-0.1, -0.05) is 12.1 Å². The van der Waals surface area contributed by atoms with Gasteiger partial charge in [-0.25, -0.2) is 9.59 Å². The average Bonchev–Trinajstić information content (AvgIpc) is 2.77. The minimum absolute atomic E-state index is 0.594. The molecule has 4 heteroatoms. The summed E-state index contributed by atoms with van der Waals surface area (Å²) < 4.78 is 0. The molecule has 0 heterocycles. The Hall–Kier alpha value is -2.80. The van der Waals surface area contributed by atoms with Crippen molar-refractivity contribution in [2.24, 2.45) is 9.98 Å². The molecule has 1 aliphatic carbocycles. The lowest BCUT2D eigenvalue weighted by Crippen LogP contribution is -1.79.